The summed E-state index contributed by atoms with van der Waals surface area (Å²) in [6, 6.07) is 3.92. The number of aryl methyl sites for hydroxylation is 1. The Kier molecular flexibility index (Phi) is 4.46. The second-order valence-electron chi connectivity index (χ2n) is 5.56. The average Bonchev–Trinajstić information content (AvgIpc) is 2.87. The first-order chi connectivity index (χ1) is 9.04. The minimum atomic E-state index is -0.638. The summed E-state index contributed by atoms with van der Waals surface area (Å²) >= 11 is 0. The quantitative estimate of drug-likeness (QED) is 0.891. The molecule has 0 spiro atoms. The zero-order valence-electron chi connectivity index (χ0n) is 12.1. The van der Waals surface area contributed by atoms with E-state index in [1.807, 2.05) is 6.07 Å². The van der Waals surface area contributed by atoms with E-state index < -0.39 is 6.10 Å². The van der Waals surface area contributed by atoms with Gasteiger partial charge in [0.05, 0.1) is 6.10 Å². The lowest BCUT2D eigenvalue weighted by Crippen LogP contribution is -2.34. The van der Waals surface area contributed by atoms with E-state index in [2.05, 4.69) is 11.8 Å². The molecule has 1 aliphatic rings. The summed E-state index contributed by atoms with van der Waals surface area (Å²) in [4.78, 5) is 2.33. The molecule has 19 heavy (non-hydrogen) atoms. The molecular formula is C16H24FNO. The first-order valence-corrected chi connectivity index (χ1v) is 7.29. The van der Waals surface area contributed by atoms with Crippen LogP contribution < -0.4 is 4.90 Å². The molecule has 0 radical (unpaired) electrons. The van der Waals surface area contributed by atoms with Gasteiger partial charge in [-0.1, -0.05) is 12.8 Å². The van der Waals surface area contributed by atoms with Gasteiger partial charge >= 0.3 is 0 Å². The summed E-state index contributed by atoms with van der Waals surface area (Å²) in [6.07, 6.45) is 4.30. The van der Waals surface area contributed by atoms with Crippen molar-refractivity contribution in [1.82, 2.24) is 0 Å². The fourth-order valence-electron chi connectivity index (χ4n) is 3.11. The topological polar surface area (TPSA) is 23.5 Å². The van der Waals surface area contributed by atoms with Crippen molar-refractivity contribution in [3.8, 4) is 0 Å². The van der Waals surface area contributed by atoms with Gasteiger partial charge in [0.25, 0.3) is 0 Å². The van der Waals surface area contributed by atoms with Gasteiger partial charge in [-0.25, -0.2) is 4.39 Å². The van der Waals surface area contributed by atoms with Crippen molar-refractivity contribution < 1.29 is 9.50 Å². The predicted molar refractivity (Wildman–Crippen MR) is 77.0 cm³/mol. The molecule has 1 fully saturated rings. The third-order valence-corrected chi connectivity index (χ3v) is 4.17. The smallest absolute Gasteiger partial charge is 0.126 e. The number of aliphatic hydroxyl groups excluding tert-OH is 1. The summed E-state index contributed by atoms with van der Waals surface area (Å²) in [5, 5.41) is 9.91. The summed E-state index contributed by atoms with van der Waals surface area (Å²) in [6.45, 7) is 6.52. The SMILES string of the molecule is CCN(c1cc(C)c(F)cc1[C@@H](C)O)C1CCCC1. The fourth-order valence-corrected chi connectivity index (χ4v) is 3.11. The summed E-state index contributed by atoms with van der Waals surface area (Å²) in [5.74, 6) is -0.234. The van der Waals surface area contributed by atoms with Crippen LogP contribution in [0.25, 0.3) is 0 Å². The van der Waals surface area contributed by atoms with Gasteiger partial charge in [-0.05, 0) is 51.3 Å². The molecule has 1 aromatic rings. The first-order valence-electron chi connectivity index (χ1n) is 7.29. The van der Waals surface area contributed by atoms with E-state index in [9.17, 15) is 9.50 Å². The maximum absolute atomic E-state index is 13.7. The lowest BCUT2D eigenvalue weighted by molar-refractivity contribution is 0.199. The van der Waals surface area contributed by atoms with Crippen molar-refractivity contribution >= 4 is 5.69 Å². The van der Waals surface area contributed by atoms with Crippen LogP contribution in [0.2, 0.25) is 0 Å². The Bertz CT molecular complexity index is 439. The van der Waals surface area contributed by atoms with Crippen LogP contribution in [0.1, 0.15) is 56.8 Å². The normalized spacial score (nSPS) is 17.7. The summed E-state index contributed by atoms with van der Waals surface area (Å²) < 4.78 is 13.7. The number of hydrogen-bond donors (Lipinski definition) is 1. The average molecular weight is 265 g/mol. The molecule has 1 atom stereocenters. The summed E-state index contributed by atoms with van der Waals surface area (Å²) in [7, 11) is 0. The standard InChI is InChI=1S/C16H24FNO/c1-4-18(13-7-5-6-8-13)16-9-11(2)15(17)10-14(16)12(3)19/h9-10,12-13,19H,4-8H2,1-3H3/t12-/m1/s1. The minimum Gasteiger partial charge on any atom is -0.389 e. The van der Waals surface area contributed by atoms with Crippen LogP contribution in [0.15, 0.2) is 12.1 Å². The number of anilines is 1. The molecule has 0 unspecified atom stereocenters. The van der Waals surface area contributed by atoms with Gasteiger partial charge in [0.1, 0.15) is 5.82 Å². The molecule has 1 aliphatic carbocycles. The van der Waals surface area contributed by atoms with Gasteiger partial charge in [0.15, 0.2) is 0 Å². The van der Waals surface area contributed by atoms with Crippen LogP contribution >= 0.6 is 0 Å². The second-order valence-corrected chi connectivity index (χ2v) is 5.56. The Morgan fingerprint density at radius 3 is 2.53 bits per heavy atom. The Balaban J connectivity index is 2.42. The third kappa shape index (κ3) is 2.92. The molecule has 0 bridgehead atoms. The molecule has 0 aromatic heterocycles. The number of benzene rings is 1. The highest BCUT2D eigenvalue weighted by Gasteiger charge is 2.25. The van der Waals surface area contributed by atoms with E-state index in [-0.39, 0.29) is 5.82 Å². The van der Waals surface area contributed by atoms with Crippen molar-refractivity contribution in [3.05, 3.63) is 29.1 Å². The molecular weight excluding hydrogens is 241 g/mol. The van der Waals surface area contributed by atoms with E-state index in [4.69, 9.17) is 0 Å². The van der Waals surface area contributed by atoms with Gasteiger partial charge in [0.2, 0.25) is 0 Å². The number of aliphatic hydroxyl groups is 1. The molecule has 1 N–H and O–H groups in total. The van der Waals surface area contributed by atoms with Crippen molar-refractivity contribution in [2.45, 2.75) is 58.6 Å². The molecule has 3 heteroatoms. The Morgan fingerprint density at radius 2 is 2.00 bits per heavy atom. The molecule has 2 rings (SSSR count). The predicted octanol–water partition coefficient (Wildman–Crippen LogP) is 3.96. The van der Waals surface area contributed by atoms with Crippen LogP contribution in [0, 0.1) is 12.7 Å². The summed E-state index contributed by atoms with van der Waals surface area (Å²) in [5.41, 5.74) is 2.36. The van der Waals surface area contributed by atoms with Gasteiger partial charge < -0.3 is 10.0 Å². The van der Waals surface area contributed by atoms with Crippen LogP contribution in [0.3, 0.4) is 0 Å². The van der Waals surface area contributed by atoms with Crippen LogP contribution in [0.5, 0.6) is 0 Å². The van der Waals surface area contributed by atoms with E-state index in [0.717, 1.165) is 12.2 Å². The van der Waals surface area contributed by atoms with Crippen molar-refractivity contribution in [2.24, 2.45) is 0 Å². The highest BCUT2D eigenvalue weighted by molar-refractivity contribution is 5.57. The van der Waals surface area contributed by atoms with Crippen LogP contribution in [-0.2, 0) is 0 Å². The number of halogens is 1. The minimum absolute atomic E-state index is 0.234. The highest BCUT2D eigenvalue weighted by Crippen LogP contribution is 2.34. The van der Waals surface area contributed by atoms with E-state index in [0.29, 0.717) is 17.2 Å². The molecule has 0 heterocycles. The Morgan fingerprint density at radius 1 is 1.37 bits per heavy atom. The Labute approximate surface area is 115 Å². The van der Waals surface area contributed by atoms with E-state index in [1.165, 1.54) is 31.7 Å². The maximum atomic E-state index is 13.7. The molecule has 106 valence electrons. The van der Waals surface area contributed by atoms with Gasteiger partial charge in [-0.3, -0.25) is 0 Å². The van der Waals surface area contributed by atoms with Crippen molar-refractivity contribution in [3.63, 3.8) is 0 Å². The molecule has 0 aliphatic heterocycles. The number of rotatable bonds is 4. The van der Waals surface area contributed by atoms with Crippen LogP contribution in [-0.4, -0.2) is 17.7 Å². The lowest BCUT2D eigenvalue weighted by atomic mass is 10.0. The molecule has 0 saturated heterocycles. The van der Waals surface area contributed by atoms with Crippen LogP contribution in [0.4, 0.5) is 10.1 Å². The molecule has 0 amide bonds. The van der Waals surface area contributed by atoms with Crippen molar-refractivity contribution in [2.75, 3.05) is 11.4 Å². The largest absolute Gasteiger partial charge is 0.389 e. The monoisotopic (exact) mass is 265 g/mol. The van der Waals surface area contributed by atoms with Crippen molar-refractivity contribution in [1.29, 1.82) is 0 Å². The van der Waals surface area contributed by atoms with Gasteiger partial charge in [-0.2, -0.15) is 0 Å². The second kappa shape index (κ2) is 5.91. The highest BCUT2D eigenvalue weighted by atomic mass is 19.1. The Hall–Kier alpha value is -1.09. The third-order valence-electron chi connectivity index (χ3n) is 4.17. The number of nitrogens with zero attached hydrogens (tertiary/aromatic N) is 1. The molecule has 1 saturated carbocycles. The van der Waals surface area contributed by atoms with E-state index in [1.54, 1.807) is 13.8 Å². The first kappa shape index (κ1) is 14.3. The van der Waals surface area contributed by atoms with E-state index >= 15 is 0 Å². The molecule has 1 aromatic carbocycles. The zero-order valence-corrected chi connectivity index (χ0v) is 12.1. The van der Waals surface area contributed by atoms with Gasteiger partial charge in [0, 0.05) is 23.8 Å². The van der Waals surface area contributed by atoms with Gasteiger partial charge in [-0.15, -0.1) is 0 Å². The number of hydrogen-bond acceptors (Lipinski definition) is 2. The zero-order chi connectivity index (χ0) is 14.0. The lowest BCUT2D eigenvalue weighted by Gasteiger charge is -2.32. The fraction of sp³-hybridized carbons (Fsp3) is 0.625. The molecule has 2 nitrogen and oxygen atoms in total. The maximum Gasteiger partial charge on any atom is 0.126 e.